The molecule has 2 heterocycles. The number of anilines is 1. The van der Waals surface area contributed by atoms with Crippen LogP contribution < -0.4 is 15.5 Å². The third-order valence-corrected chi connectivity index (χ3v) is 5.29. The molecule has 1 spiro atoms. The fourth-order valence-electron chi connectivity index (χ4n) is 3.84. The Morgan fingerprint density at radius 2 is 1.92 bits per heavy atom. The summed E-state index contributed by atoms with van der Waals surface area (Å²) >= 11 is 0. The minimum Gasteiger partial charge on any atom is -0.352 e. The minimum absolute atomic E-state index is 0.0372. The topological polar surface area (TPSA) is 64.7 Å². The molecule has 3 aliphatic rings. The van der Waals surface area contributed by atoms with Gasteiger partial charge in [-0.2, -0.15) is 0 Å². The molecule has 2 saturated heterocycles. The van der Waals surface area contributed by atoms with Gasteiger partial charge in [-0.1, -0.05) is 18.2 Å². The molecule has 1 saturated carbocycles. The lowest BCUT2D eigenvalue weighted by Gasteiger charge is -2.40. The van der Waals surface area contributed by atoms with Crippen LogP contribution in [-0.2, 0) is 9.59 Å². The van der Waals surface area contributed by atoms with Crippen LogP contribution in [0.5, 0.6) is 0 Å². The van der Waals surface area contributed by atoms with Gasteiger partial charge in [0.05, 0.1) is 6.67 Å². The van der Waals surface area contributed by atoms with Crippen molar-refractivity contribution >= 4 is 17.5 Å². The maximum Gasteiger partial charge on any atom is 0.250 e. The lowest BCUT2D eigenvalue weighted by molar-refractivity contribution is -0.136. The van der Waals surface area contributed by atoms with Crippen molar-refractivity contribution in [1.82, 2.24) is 15.5 Å². The van der Waals surface area contributed by atoms with E-state index in [2.05, 4.69) is 15.5 Å². The summed E-state index contributed by atoms with van der Waals surface area (Å²) in [6, 6.07) is 10.4. The maximum absolute atomic E-state index is 13.2. The van der Waals surface area contributed by atoms with E-state index >= 15 is 0 Å². The zero-order valence-electron chi connectivity index (χ0n) is 13.8. The first-order chi connectivity index (χ1) is 11.7. The predicted octanol–water partition coefficient (Wildman–Crippen LogP) is 0.694. The second-order valence-electron chi connectivity index (χ2n) is 7.03. The van der Waals surface area contributed by atoms with Gasteiger partial charge < -0.3 is 20.4 Å². The van der Waals surface area contributed by atoms with E-state index < -0.39 is 5.54 Å². The summed E-state index contributed by atoms with van der Waals surface area (Å²) < 4.78 is 0. The second kappa shape index (κ2) is 6.09. The molecule has 0 atom stereocenters. The lowest BCUT2D eigenvalue weighted by Crippen LogP contribution is -2.55. The number of piperidine rings is 1. The molecule has 2 N–H and O–H groups in total. The van der Waals surface area contributed by atoms with Gasteiger partial charge in [0.25, 0.3) is 0 Å². The van der Waals surface area contributed by atoms with E-state index in [4.69, 9.17) is 0 Å². The first-order valence-corrected chi connectivity index (χ1v) is 8.81. The number of hydrogen-bond acceptors (Lipinski definition) is 4. The Morgan fingerprint density at radius 3 is 2.58 bits per heavy atom. The van der Waals surface area contributed by atoms with Crippen molar-refractivity contribution in [2.75, 3.05) is 31.2 Å². The van der Waals surface area contributed by atoms with Gasteiger partial charge in [-0.3, -0.25) is 9.59 Å². The smallest absolute Gasteiger partial charge is 0.250 e. The van der Waals surface area contributed by atoms with Crippen LogP contribution in [0.25, 0.3) is 0 Å². The van der Waals surface area contributed by atoms with Crippen molar-refractivity contribution in [2.45, 2.75) is 37.3 Å². The average molecular weight is 328 g/mol. The number of rotatable bonds is 4. The summed E-state index contributed by atoms with van der Waals surface area (Å²) in [6.45, 7) is 2.31. The van der Waals surface area contributed by atoms with Gasteiger partial charge in [0.2, 0.25) is 11.8 Å². The molecule has 1 aliphatic carbocycles. The van der Waals surface area contributed by atoms with E-state index in [1.54, 1.807) is 4.90 Å². The molecule has 2 amide bonds. The van der Waals surface area contributed by atoms with E-state index in [1.165, 1.54) is 0 Å². The van der Waals surface area contributed by atoms with Crippen molar-refractivity contribution in [1.29, 1.82) is 0 Å². The van der Waals surface area contributed by atoms with Crippen molar-refractivity contribution in [3.8, 4) is 0 Å². The van der Waals surface area contributed by atoms with E-state index in [9.17, 15) is 9.59 Å². The summed E-state index contributed by atoms with van der Waals surface area (Å²) in [5.41, 5.74) is 0.546. The molecule has 3 fully saturated rings. The quantitative estimate of drug-likeness (QED) is 0.854. The molecular weight excluding hydrogens is 304 g/mol. The SMILES string of the molecule is O=C(CN1CN(c2ccccc2)C2(CCNCC2)C1=O)NC1CC1. The number of amides is 2. The number of hydrogen-bond donors (Lipinski definition) is 2. The van der Waals surface area contributed by atoms with Crippen LogP contribution in [0, 0.1) is 0 Å². The van der Waals surface area contributed by atoms with Crippen LogP contribution in [-0.4, -0.2) is 54.6 Å². The molecular formula is C18H24N4O2. The highest BCUT2D eigenvalue weighted by Crippen LogP contribution is 2.37. The molecule has 128 valence electrons. The molecule has 0 bridgehead atoms. The Kier molecular flexibility index (Phi) is 3.92. The molecule has 4 rings (SSSR count). The second-order valence-corrected chi connectivity index (χ2v) is 7.03. The first-order valence-electron chi connectivity index (χ1n) is 8.81. The van der Waals surface area contributed by atoms with Crippen molar-refractivity contribution in [3.63, 3.8) is 0 Å². The van der Waals surface area contributed by atoms with Gasteiger partial charge >= 0.3 is 0 Å². The largest absolute Gasteiger partial charge is 0.352 e. The van der Waals surface area contributed by atoms with E-state index in [-0.39, 0.29) is 18.4 Å². The van der Waals surface area contributed by atoms with Gasteiger partial charge in [-0.25, -0.2) is 0 Å². The molecule has 24 heavy (non-hydrogen) atoms. The highest BCUT2D eigenvalue weighted by atomic mass is 16.2. The van der Waals surface area contributed by atoms with Gasteiger partial charge in [-0.05, 0) is 50.9 Å². The number of benzene rings is 1. The molecule has 6 nitrogen and oxygen atoms in total. The highest BCUT2D eigenvalue weighted by Gasteiger charge is 2.53. The van der Waals surface area contributed by atoms with E-state index in [0.29, 0.717) is 12.7 Å². The van der Waals surface area contributed by atoms with Crippen LogP contribution in [0.3, 0.4) is 0 Å². The Labute approximate surface area is 142 Å². The number of carbonyl (C=O) groups excluding carboxylic acids is 2. The summed E-state index contributed by atoms with van der Waals surface area (Å²) in [5, 5.41) is 6.33. The lowest BCUT2D eigenvalue weighted by atomic mass is 9.86. The standard InChI is InChI=1S/C18H24N4O2/c23-16(20-14-6-7-14)12-21-13-22(15-4-2-1-3-5-15)18(17(21)24)8-10-19-11-9-18/h1-5,14,19H,6-13H2,(H,20,23). The third kappa shape index (κ3) is 2.75. The van der Waals surface area contributed by atoms with Gasteiger partial charge in [0.15, 0.2) is 0 Å². The molecule has 1 aromatic carbocycles. The average Bonchev–Trinajstić information content (AvgIpc) is 3.39. The molecule has 0 aromatic heterocycles. The summed E-state index contributed by atoms with van der Waals surface area (Å²) in [6.07, 6.45) is 3.68. The molecule has 0 unspecified atom stereocenters. The molecule has 6 heteroatoms. The normalized spacial score (nSPS) is 22.9. The Hall–Kier alpha value is -2.08. The Bertz CT molecular complexity index is 623. The third-order valence-electron chi connectivity index (χ3n) is 5.29. The van der Waals surface area contributed by atoms with E-state index in [1.807, 2.05) is 30.3 Å². The van der Waals surface area contributed by atoms with Crippen LogP contribution in [0.2, 0.25) is 0 Å². The summed E-state index contributed by atoms with van der Waals surface area (Å²) in [4.78, 5) is 29.3. The highest BCUT2D eigenvalue weighted by molar-refractivity contribution is 5.96. The van der Waals surface area contributed by atoms with Gasteiger partial charge in [0, 0.05) is 11.7 Å². The van der Waals surface area contributed by atoms with Crippen molar-refractivity contribution in [3.05, 3.63) is 30.3 Å². The number of nitrogens with zero attached hydrogens (tertiary/aromatic N) is 2. The minimum atomic E-state index is -0.507. The summed E-state index contributed by atoms with van der Waals surface area (Å²) in [7, 11) is 0. The van der Waals surface area contributed by atoms with Crippen molar-refractivity contribution in [2.24, 2.45) is 0 Å². The fourth-order valence-corrected chi connectivity index (χ4v) is 3.84. The van der Waals surface area contributed by atoms with Gasteiger partial charge in [0.1, 0.15) is 12.1 Å². The van der Waals surface area contributed by atoms with Gasteiger partial charge in [-0.15, -0.1) is 0 Å². The fraction of sp³-hybridized carbons (Fsp3) is 0.556. The first kappa shape index (κ1) is 15.4. The van der Waals surface area contributed by atoms with Crippen molar-refractivity contribution < 1.29 is 9.59 Å². The molecule has 2 aliphatic heterocycles. The number of para-hydroxylation sites is 1. The van der Waals surface area contributed by atoms with Crippen LogP contribution in [0.15, 0.2) is 30.3 Å². The van der Waals surface area contributed by atoms with Crippen LogP contribution in [0.1, 0.15) is 25.7 Å². The number of nitrogens with one attached hydrogen (secondary N) is 2. The van der Waals surface area contributed by atoms with Crippen LogP contribution >= 0.6 is 0 Å². The predicted molar refractivity (Wildman–Crippen MR) is 91.5 cm³/mol. The summed E-state index contributed by atoms with van der Waals surface area (Å²) in [5.74, 6) is 0.0589. The Balaban J connectivity index is 1.57. The Morgan fingerprint density at radius 1 is 1.21 bits per heavy atom. The monoisotopic (exact) mass is 328 g/mol. The zero-order chi connectivity index (χ0) is 16.6. The zero-order valence-corrected chi connectivity index (χ0v) is 13.8. The number of carbonyl (C=O) groups is 2. The van der Waals surface area contributed by atoms with Crippen LogP contribution in [0.4, 0.5) is 5.69 Å². The molecule has 1 aromatic rings. The maximum atomic E-state index is 13.2. The van der Waals surface area contributed by atoms with E-state index in [0.717, 1.165) is 44.5 Å². The molecule has 0 radical (unpaired) electrons.